The first-order valence-electron chi connectivity index (χ1n) is 9.96. The largest absolute Gasteiger partial charge is 0.348 e. The summed E-state index contributed by atoms with van der Waals surface area (Å²) in [5.41, 5.74) is 3.38. The zero-order chi connectivity index (χ0) is 18.9. The molecule has 144 valence electrons. The van der Waals surface area contributed by atoms with Gasteiger partial charge in [0.25, 0.3) is 5.91 Å². The predicted octanol–water partition coefficient (Wildman–Crippen LogP) is 2.69. The summed E-state index contributed by atoms with van der Waals surface area (Å²) in [6.07, 6.45) is 13.7. The van der Waals surface area contributed by atoms with Gasteiger partial charge >= 0.3 is 0 Å². The number of aromatic nitrogens is 6. The molecule has 8 heteroatoms. The highest BCUT2D eigenvalue weighted by Gasteiger charge is 2.35. The van der Waals surface area contributed by atoms with E-state index in [0.29, 0.717) is 18.3 Å². The molecule has 0 aromatic carbocycles. The topological polar surface area (TPSA) is 92.6 Å². The number of pyridine rings is 1. The molecule has 1 fully saturated rings. The van der Waals surface area contributed by atoms with Crippen LogP contribution in [0.3, 0.4) is 0 Å². The van der Waals surface area contributed by atoms with Gasteiger partial charge in [0.1, 0.15) is 6.04 Å². The van der Waals surface area contributed by atoms with Gasteiger partial charge in [-0.15, -0.1) is 5.10 Å². The van der Waals surface area contributed by atoms with Crippen LogP contribution in [0.25, 0.3) is 0 Å². The van der Waals surface area contributed by atoms with Gasteiger partial charge in [-0.2, -0.15) is 0 Å². The van der Waals surface area contributed by atoms with E-state index in [1.165, 1.54) is 19.3 Å². The third kappa shape index (κ3) is 2.98. The summed E-state index contributed by atoms with van der Waals surface area (Å²) in [7, 11) is 0. The normalized spacial score (nSPS) is 20.1. The fraction of sp³-hybridized carbons (Fsp3) is 0.450. The molecule has 4 heterocycles. The zero-order valence-electron chi connectivity index (χ0n) is 15.7. The van der Waals surface area contributed by atoms with Crippen LogP contribution in [0.2, 0.25) is 0 Å². The maximum Gasteiger partial charge on any atom is 0.276 e. The molecule has 1 atom stereocenters. The molecule has 3 aromatic heterocycles. The molecular formula is C20H23N7O. The SMILES string of the molecule is O=C(c1cn(C2CCCCC2)nn1)N1CCc2[nH]cnc2[C@H]1c1ccncc1. The van der Waals surface area contributed by atoms with Gasteiger partial charge in [0.05, 0.1) is 24.3 Å². The molecule has 1 amide bonds. The van der Waals surface area contributed by atoms with Crippen molar-refractivity contribution in [3.8, 4) is 0 Å². The number of fused-ring (bicyclic) bond motifs is 1. The lowest BCUT2D eigenvalue weighted by Gasteiger charge is -2.34. The standard InChI is InChI=1S/C20H23N7O/c28-20(17-12-27(25-24-17)15-4-2-1-3-5-15)26-11-8-16-18(23-13-22-16)19(26)14-6-9-21-10-7-14/h6-7,9-10,12-13,15,19H,1-5,8,11H2,(H,22,23)/t19-/m1/s1. The Kier molecular flexibility index (Phi) is 4.38. The Morgan fingerprint density at radius 1 is 1.14 bits per heavy atom. The minimum atomic E-state index is -0.245. The van der Waals surface area contributed by atoms with Gasteiger partial charge in [-0.05, 0) is 30.5 Å². The maximum absolute atomic E-state index is 13.4. The van der Waals surface area contributed by atoms with E-state index in [1.807, 2.05) is 27.9 Å². The fourth-order valence-corrected chi connectivity index (χ4v) is 4.42. The van der Waals surface area contributed by atoms with E-state index in [2.05, 4.69) is 25.3 Å². The maximum atomic E-state index is 13.4. The lowest BCUT2D eigenvalue weighted by Crippen LogP contribution is -2.41. The first kappa shape index (κ1) is 17.1. The minimum absolute atomic E-state index is 0.0995. The van der Waals surface area contributed by atoms with Crippen LogP contribution >= 0.6 is 0 Å². The quantitative estimate of drug-likeness (QED) is 0.757. The predicted molar refractivity (Wildman–Crippen MR) is 102 cm³/mol. The van der Waals surface area contributed by atoms with Gasteiger partial charge in [-0.3, -0.25) is 9.78 Å². The smallest absolute Gasteiger partial charge is 0.276 e. The number of amides is 1. The Labute approximate surface area is 163 Å². The number of nitrogens with one attached hydrogen (secondary N) is 1. The Hall–Kier alpha value is -3.03. The van der Waals surface area contributed by atoms with E-state index in [0.717, 1.165) is 36.2 Å². The van der Waals surface area contributed by atoms with Crippen molar-refractivity contribution in [2.45, 2.75) is 50.6 Å². The van der Waals surface area contributed by atoms with E-state index in [1.54, 1.807) is 18.7 Å². The monoisotopic (exact) mass is 377 g/mol. The number of carbonyl (C=O) groups excluding carboxylic acids is 1. The third-order valence-corrected chi connectivity index (χ3v) is 5.89. The van der Waals surface area contributed by atoms with Crippen LogP contribution in [0.5, 0.6) is 0 Å². The zero-order valence-corrected chi connectivity index (χ0v) is 15.7. The molecule has 5 rings (SSSR count). The molecule has 1 aliphatic heterocycles. The second-order valence-electron chi connectivity index (χ2n) is 7.57. The highest BCUT2D eigenvalue weighted by molar-refractivity contribution is 5.92. The van der Waals surface area contributed by atoms with Crippen LogP contribution in [0, 0.1) is 0 Å². The molecule has 1 aliphatic carbocycles. The molecule has 0 unspecified atom stereocenters. The highest BCUT2D eigenvalue weighted by Crippen LogP contribution is 2.34. The Bertz CT molecular complexity index is 958. The van der Waals surface area contributed by atoms with Crippen LogP contribution in [0.15, 0.2) is 37.1 Å². The lowest BCUT2D eigenvalue weighted by molar-refractivity contribution is 0.0684. The van der Waals surface area contributed by atoms with Gasteiger partial charge in [-0.25, -0.2) is 9.67 Å². The van der Waals surface area contributed by atoms with Crippen molar-refractivity contribution < 1.29 is 4.79 Å². The molecule has 0 spiro atoms. The van der Waals surface area contributed by atoms with Crippen molar-refractivity contribution in [3.63, 3.8) is 0 Å². The summed E-state index contributed by atoms with van der Waals surface area (Å²) in [4.78, 5) is 27.0. The number of hydrogen-bond acceptors (Lipinski definition) is 5. The van der Waals surface area contributed by atoms with Crippen LogP contribution in [-0.2, 0) is 6.42 Å². The number of H-pyrrole nitrogens is 1. The Morgan fingerprint density at radius 3 is 2.79 bits per heavy atom. The van der Waals surface area contributed by atoms with Crippen molar-refractivity contribution in [2.24, 2.45) is 0 Å². The van der Waals surface area contributed by atoms with Gasteiger partial charge in [0, 0.05) is 31.1 Å². The average Bonchev–Trinajstić information content (AvgIpc) is 3.43. The molecule has 0 radical (unpaired) electrons. The van der Waals surface area contributed by atoms with Gasteiger partial charge in [0.15, 0.2) is 5.69 Å². The van der Waals surface area contributed by atoms with Crippen LogP contribution in [0.1, 0.15) is 71.6 Å². The molecule has 0 bridgehead atoms. The second kappa shape index (κ2) is 7.18. The summed E-state index contributed by atoms with van der Waals surface area (Å²) < 4.78 is 1.89. The summed E-state index contributed by atoms with van der Waals surface area (Å²) >= 11 is 0. The van der Waals surface area contributed by atoms with Gasteiger partial charge in [0.2, 0.25) is 0 Å². The third-order valence-electron chi connectivity index (χ3n) is 5.89. The summed E-state index contributed by atoms with van der Waals surface area (Å²) in [5, 5.41) is 8.49. The van der Waals surface area contributed by atoms with E-state index >= 15 is 0 Å². The van der Waals surface area contributed by atoms with Gasteiger partial charge < -0.3 is 9.88 Å². The van der Waals surface area contributed by atoms with Crippen LogP contribution in [0.4, 0.5) is 0 Å². The average molecular weight is 377 g/mol. The number of imidazole rings is 1. The number of nitrogens with zero attached hydrogens (tertiary/aromatic N) is 6. The van der Waals surface area contributed by atoms with Crippen LogP contribution < -0.4 is 0 Å². The van der Waals surface area contributed by atoms with E-state index in [9.17, 15) is 4.79 Å². The highest BCUT2D eigenvalue weighted by atomic mass is 16.2. The van der Waals surface area contributed by atoms with Crippen molar-refractivity contribution in [1.82, 2.24) is 34.8 Å². The molecule has 1 saturated carbocycles. The number of aromatic amines is 1. The molecular weight excluding hydrogens is 354 g/mol. The van der Waals surface area contributed by atoms with E-state index in [-0.39, 0.29) is 11.9 Å². The van der Waals surface area contributed by atoms with Crippen LogP contribution in [-0.4, -0.2) is 47.3 Å². The summed E-state index contributed by atoms with van der Waals surface area (Å²) in [6, 6.07) is 3.99. The van der Waals surface area contributed by atoms with Crippen molar-refractivity contribution in [1.29, 1.82) is 0 Å². The molecule has 0 saturated heterocycles. The first-order chi connectivity index (χ1) is 13.8. The Balaban J connectivity index is 1.46. The second-order valence-corrected chi connectivity index (χ2v) is 7.57. The minimum Gasteiger partial charge on any atom is -0.348 e. The van der Waals surface area contributed by atoms with E-state index < -0.39 is 0 Å². The fourth-order valence-electron chi connectivity index (χ4n) is 4.42. The van der Waals surface area contributed by atoms with E-state index in [4.69, 9.17) is 0 Å². The molecule has 28 heavy (non-hydrogen) atoms. The van der Waals surface area contributed by atoms with Gasteiger partial charge in [-0.1, -0.05) is 24.5 Å². The molecule has 3 aromatic rings. The molecule has 8 nitrogen and oxygen atoms in total. The number of carbonyl (C=O) groups is 1. The first-order valence-corrected chi connectivity index (χ1v) is 9.96. The van der Waals surface area contributed by atoms with Crippen molar-refractivity contribution in [3.05, 3.63) is 59.7 Å². The Morgan fingerprint density at radius 2 is 1.96 bits per heavy atom. The summed E-state index contributed by atoms with van der Waals surface area (Å²) in [6.45, 7) is 0.608. The van der Waals surface area contributed by atoms with Crippen molar-refractivity contribution >= 4 is 5.91 Å². The number of rotatable bonds is 3. The summed E-state index contributed by atoms with van der Waals surface area (Å²) in [5.74, 6) is -0.0995. The number of hydrogen-bond donors (Lipinski definition) is 1. The van der Waals surface area contributed by atoms with Crippen molar-refractivity contribution in [2.75, 3.05) is 6.54 Å². The molecule has 1 N–H and O–H groups in total. The lowest BCUT2D eigenvalue weighted by atomic mass is 9.95. The molecule has 2 aliphatic rings.